The second kappa shape index (κ2) is 18.7. The fourth-order valence-electron chi connectivity index (χ4n) is 5.79. The van der Waals surface area contributed by atoms with Crippen LogP contribution < -0.4 is 4.74 Å². The molecular formula is C41H42Cl2N6O2S. The van der Waals surface area contributed by atoms with Crippen LogP contribution in [0.5, 0.6) is 5.75 Å². The molecule has 1 heterocycles. The molecule has 0 radical (unpaired) electrons. The summed E-state index contributed by atoms with van der Waals surface area (Å²) in [4.78, 5) is 24.7. The first-order valence-corrected chi connectivity index (χ1v) is 18.2. The summed E-state index contributed by atoms with van der Waals surface area (Å²) in [6.07, 6.45) is 4.09. The van der Waals surface area contributed by atoms with Gasteiger partial charge in [-0.15, -0.1) is 0 Å². The van der Waals surface area contributed by atoms with Crippen LogP contribution in [0.25, 0.3) is 0 Å². The minimum Gasteiger partial charge on any atom is -0.489 e. The highest BCUT2D eigenvalue weighted by atomic mass is 35.5. The minimum atomic E-state index is -0.289. The van der Waals surface area contributed by atoms with Crippen molar-refractivity contribution >= 4 is 46.4 Å². The van der Waals surface area contributed by atoms with E-state index < -0.39 is 0 Å². The van der Waals surface area contributed by atoms with Crippen LogP contribution in [-0.4, -0.2) is 68.5 Å². The Morgan fingerprint density at radius 3 is 2.33 bits per heavy atom. The molecule has 0 aliphatic carbocycles. The normalized spacial score (nSPS) is 11.6. The molecule has 4 aromatic carbocycles. The second-order valence-electron chi connectivity index (χ2n) is 13.0. The van der Waals surface area contributed by atoms with Gasteiger partial charge in [-0.05, 0) is 92.2 Å². The zero-order valence-corrected chi connectivity index (χ0v) is 31.9. The number of thiocarbonyl (C=S) groups is 1. The van der Waals surface area contributed by atoms with Crippen molar-refractivity contribution in [3.05, 3.63) is 153 Å². The number of amides is 1. The highest BCUT2D eigenvalue weighted by Crippen LogP contribution is 2.27. The Morgan fingerprint density at radius 2 is 1.63 bits per heavy atom. The smallest absolute Gasteiger partial charge is 0.234 e. The molecule has 1 amide bonds. The standard InChI is InChI=1S/C41H42Cl2N6O2S/c1-30(22-31-16-18-37(19-17-31)51-28-34-8-5-4-6-9-34)49(41(52)47(21-20-46(2)3)27-35-10-7-11-38(42)40(35)43)39(50)23-36-25-45-29-48(36)26-33-14-12-32(24-44)13-15-33/h4-19,25,29-30H,20-23,26-28H2,1-3H3/t30-/m0/s1. The van der Waals surface area contributed by atoms with Gasteiger partial charge in [-0.3, -0.25) is 9.69 Å². The number of imidazole rings is 1. The molecule has 52 heavy (non-hydrogen) atoms. The van der Waals surface area contributed by atoms with Gasteiger partial charge in [0.05, 0.1) is 34.4 Å². The molecule has 11 heteroatoms. The second-order valence-corrected chi connectivity index (χ2v) is 14.1. The van der Waals surface area contributed by atoms with Crippen LogP contribution >= 0.6 is 35.4 Å². The molecule has 5 aromatic rings. The van der Waals surface area contributed by atoms with Crippen molar-refractivity contribution in [2.24, 2.45) is 0 Å². The van der Waals surface area contributed by atoms with Gasteiger partial charge in [0.15, 0.2) is 5.11 Å². The zero-order valence-electron chi connectivity index (χ0n) is 29.6. The molecule has 0 bridgehead atoms. The van der Waals surface area contributed by atoms with Crippen LogP contribution in [0.15, 0.2) is 110 Å². The number of hydrogen-bond acceptors (Lipinski definition) is 6. The number of rotatable bonds is 15. The predicted octanol–water partition coefficient (Wildman–Crippen LogP) is 8.04. The molecule has 268 valence electrons. The lowest BCUT2D eigenvalue weighted by atomic mass is 10.1. The Labute approximate surface area is 321 Å². The van der Waals surface area contributed by atoms with E-state index in [0.717, 1.165) is 33.7 Å². The Kier molecular flexibility index (Phi) is 13.8. The van der Waals surface area contributed by atoms with E-state index in [4.69, 9.17) is 40.2 Å². The molecule has 8 nitrogen and oxygen atoms in total. The van der Waals surface area contributed by atoms with Gasteiger partial charge in [0.25, 0.3) is 0 Å². The summed E-state index contributed by atoms with van der Waals surface area (Å²) in [6, 6.07) is 32.8. The number of carbonyl (C=O) groups is 1. The molecule has 0 aliphatic rings. The Morgan fingerprint density at radius 1 is 0.923 bits per heavy atom. The van der Waals surface area contributed by atoms with Crippen molar-refractivity contribution in [1.82, 2.24) is 24.3 Å². The minimum absolute atomic E-state index is 0.0897. The number of nitrogens with zero attached hydrogens (tertiary/aromatic N) is 6. The maximum atomic E-state index is 14.5. The largest absolute Gasteiger partial charge is 0.489 e. The van der Waals surface area contributed by atoms with E-state index in [1.165, 1.54) is 0 Å². The fourth-order valence-corrected chi connectivity index (χ4v) is 6.60. The van der Waals surface area contributed by atoms with E-state index in [-0.39, 0.29) is 18.4 Å². The monoisotopic (exact) mass is 752 g/mol. The first kappa shape index (κ1) is 38.5. The highest BCUT2D eigenvalue weighted by Gasteiger charge is 2.29. The van der Waals surface area contributed by atoms with Crippen molar-refractivity contribution in [1.29, 1.82) is 5.26 Å². The van der Waals surface area contributed by atoms with Gasteiger partial charge in [0, 0.05) is 44.1 Å². The molecule has 0 fully saturated rings. The first-order valence-electron chi connectivity index (χ1n) is 17.0. The van der Waals surface area contributed by atoms with Gasteiger partial charge in [-0.1, -0.05) is 89.9 Å². The molecule has 0 aliphatic heterocycles. The number of hydrogen-bond donors (Lipinski definition) is 0. The van der Waals surface area contributed by atoms with E-state index in [0.29, 0.717) is 59.9 Å². The van der Waals surface area contributed by atoms with Crippen molar-refractivity contribution in [2.45, 2.75) is 45.5 Å². The van der Waals surface area contributed by atoms with Crippen molar-refractivity contribution < 1.29 is 9.53 Å². The third kappa shape index (κ3) is 10.7. The summed E-state index contributed by atoms with van der Waals surface area (Å²) in [5, 5.41) is 10.5. The van der Waals surface area contributed by atoms with E-state index in [9.17, 15) is 10.1 Å². The molecule has 0 unspecified atom stereocenters. The third-order valence-electron chi connectivity index (χ3n) is 8.67. The van der Waals surface area contributed by atoms with Crippen molar-refractivity contribution in [3.8, 4) is 11.8 Å². The van der Waals surface area contributed by atoms with Crippen LogP contribution in [0, 0.1) is 11.3 Å². The van der Waals surface area contributed by atoms with Gasteiger partial charge in [0.2, 0.25) is 5.91 Å². The number of likely N-dealkylation sites (N-methyl/N-ethyl adjacent to an activating group) is 1. The zero-order chi connectivity index (χ0) is 37.0. The average molecular weight is 754 g/mol. The Bertz CT molecular complexity index is 1980. The lowest BCUT2D eigenvalue weighted by Gasteiger charge is -2.37. The maximum absolute atomic E-state index is 14.5. The molecule has 0 spiro atoms. The van der Waals surface area contributed by atoms with Gasteiger partial charge in [-0.25, -0.2) is 4.98 Å². The van der Waals surface area contributed by atoms with E-state index in [2.05, 4.69) is 16.0 Å². The van der Waals surface area contributed by atoms with Gasteiger partial charge < -0.3 is 19.1 Å². The number of nitriles is 1. The van der Waals surface area contributed by atoms with Crippen LogP contribution in [0.3, 0.4) is 0 Å². The maximum Gasteiger partial charge on any atom is 0.234 e. The summed E-state index contributed by atoms with van der Waals surface area (Å²) >= 11 is 19.3. The SMILES string of the molecule is C[C@@H](Cc1ccc(OCc2ccccc2)cc1)N(C(=O)Cc1cncn1Cc1ccc(C#N)cc1)C(=S)N(CCN(C)C)Cc1cccc(Cl)c1Cl. The third-order valence-corrected chi connectivity index (χ3v) is 9.98. The van der Waals surface area contributed by atoms with Crippen LogP contribution in [0.4, 0.5) is 0 Å². The van der Waals surface area contributed by atoms with Crippen LogP contribution in [0.2, 0.25) is 10.0 Å². The summed E-state index contributed by atoms with van der Waals surface area (Å²) < 4.78 is 7.97. The molecule has 0 saturated carbocycles. The summed E-state index contributed by atoms with van der Waals surface area (Å²) in [5.74, 6) is 0.626. The average Bonchev–Trinajstić information content (AvgIpc) is 3.57. The van der Waals surface area contributed by atoms with Gasteiger partial charge in [-0.2, -0.15) is 5.26 Å². The van der Waals surface area contributed by atoms with E-state index in [1.54, 1.807) is 35.6 Å². The van der Waals surface area contributed by atoms with Crippen molar-refractivity contribution in [2.75, 3.05) is 27.2 Å². The molecule has 0 saturated heterocycles. The number of aromatic nitrogens is 2. The molecule has 1 aromatic heterocycles. The topological polar surface area (TPSA) is 77.6 Å². The molecule has 1 atom stereocenters. The quantitative estimate of drug-likeness (QED) is 0.100. The van der Waals surface area contributed by atoms with E-state index >= 15 is 0 Å². The highest BCUT2D eigenvalue weighted by molar-refractivity contribution is 7.80. The van der Waals surface area contributed by atoms with Gasteiger partial charge in [0.1, 0.15) is 12.4 Å². The molecule has 0 N–H and O–H groups in total. The Balaban J connectivity index is 1.39. The van der Waals surface area contributed by atoms with Gasteiger partial charge >= 0.3 is 0 Å². The lowest BCUT2D eigenvalue weighted by molar-refractivity contribution is -0.128. The number of carbonyl (C=O) groups excluding carboxylic acids is 1. The van der Waals surface area contributed by atoms with Crippen molar-refractivity contribution in [3.63, 3.8) is 0 Å². The lowest BCUT2D eigenvalue weighted by Crippen LogP contribution is -2.52. The number of ether oxygens (including phenoxy) is 1. The summed E-state index contributed by atoms with van der Waals surface area (Å²) in [6.45, 7) is 4.66. The van der Waals surface area contributed by atoms with Crippen LogP contribution in [0.1, 0.15) is 40.4 Å². The predicted molar refractivity (Wildman–Crippen MR) is 211 cm³/mol. The number of benzene rings is 4. The number of halogens is 2. The fraction of sp³-hybridized carbons (Fsp3) is 0.268. The molecule has 5 rings (SSSR count). The molecular weight excluding hydrogens is 711 g/mol. The van der Waals surface area contributed by atoms with E-state index in [1.807, 2.05) is 109 Å². The Hall–Kier alpha value is -4.72. The van der Waals surface area contributed by atoms with Crippen LogP contribution in [-0.2, 0) is 37.3 Å². The summed E-state index contributed by atoms with van der Waals surface area (Å²) in [5.41, 5.74) is 5.31. The summed E-state index contributed by atoms with van der Waals surface area (Å²) in [7, 11) is 4.00. The first-order chi connectivity index (χ1) is 25.1.